The number of ether oxygens (including phenoxy) is 2. The van der Waals surface area contributed by atoms with Crippen LogP contribution in [0.5, 0.6) is 5.75 Å². The monoisotopic (exact) mass is 399 g/mol. The molecule has 2 aromatic carbocycles. The van der Waals surface area contributed by atoms with E-state index in [2.05, 4.69) is 16.2 Å². The molecule has 0 unspecified atom stereocenters. The van der Waals surface area contributed by atoms with E-state index >= 15 is 0 Å². The average molecular weight is 399 g/mol. The molecule has 0 saturated carbocycles. The van der Waals surface area contributed by atoms with E-state index in [1.165, 1.54) is 12.1 Å². The van der Waals surface area contributed by atoms with E-state index in [0.29, 0.717) is 17.0 Å². The number of hydrogen-bond donors (Lipinski definition) is 3. The fourth-order valence-electron chi connectivity index (χ4n) is 2.22. The lowest BCUT2D eigenvalue weighted by atomic mass is 10.2. The van der Waals surface area contributed by atoms with Gasteiger partial charge in [0.1, 0.15) is 11.4 Å². The largest absolute Gasteiger partial charge is 0.483 e. The van der Waals surface area contributed by atoms with Crippen molar-refractivity contribution < 1.29 is 23.9 Å². The highest BCUT2D eigenvalue weighted by molar-refractivity contribution is 5.96. The van der Waals surface area contributed by atoms with Crippen molar-refractivity contribution in [1.82, 2.24) is 10.9 Å². The zero-order chi connectivity index (χ0) is 21.4. The molecule has 0 saturated heterocycles. The van der Waals surface area contributed by atoms with Crippen LogP contribution >= 0.6 is 0 Å². The maximum atomic E-state index is 12.1. The fraction of sp³-hybridized carbons (Fsp3) is 0.286. The number of carbonyl (C=O) groups is 3. The molecule has 0 radical (unpaired) electrons. The number of carbonyl (C=O) groups excluding carboxylic acids is 3. The van der Waals surface area contributed by atoms with Gasteiger partial charge in [0.2, 0.25) is 0 Å². The molecule has 3 amide bonds. The second kappa shape index (κ2) is 9.59. The summed E-state index contributed by atoms with van der Waals surface area (Å²) in [5.41, 5.74) is 5.68. The Labute approximate surface area is 169 Å². The summed E-state index contributed by atoms with van der Waals surface area (Å²) in [4.78, 5) is 35.7. The van der Waals surface area contributed by atoms with Gasteiger partial charge in [-0.25, -0.2) is 4.79 Å². The Kier molecular flexibility index (Phi) is 7.19. The maximum absolute atomic E-state index is 12.1. The Hall–Kier alpha value is -3.55. The van der Waals surface area contributed by atoms with Crippen molar-refractivity contribution in [2.24, 2.45) is 0 Å². The van der Waals surface area contributed by atoms with E-state index in [1.54, 1.807) is 39.0 Å². The first-order valence-corrected chi connectivity index (χ1v) is 9.02. The number of aryl methyl sites for hydroxylation is 1. The second-order valence-corrected chi connectivity index (χ2v) is 7.26. The standard InChI is InChI=1S/C21H25N3O5/c1-14-7-5-6-8-17(14)28-13-18(25)23-24-19(26)15-9-11-16(12-10-15)22-20(27)29-21(2,3)4/h5-12H,13H2,1-4H3,(H,22,27)(H,23,25)(H,24,26). The molecule has 3 N–H and O–H groups in total. The van der Waals surface area contributed by atoms with E-state index in [0.717, 1.165) is 5.56 Å². The molecule has 2 rings (SSSR count). The van der Waals surface area contributed by atoms with Crippen LogP contribution in [-0.4, -0.2) is 30.1 Å². The van der Waals surface area contributed by atoms with E-state index in [1.807, 2.05) is 25.1 Å². The minimum Gasteiger partial charge on any atom is -0.483 e. The minimum atomic E-state index is -0.606. The number of benzene rings is 2. The number of para-hydroxylation sites is 1. The third kappa shape index (κ3) is 7.53. The minimum absolute atomic E-state index is 0.232. The molecule has 8 nitrogen and oxygen atoms in total. The summed E-state index contributed by atoms with van der Waals surface area (Å²) in [5.74, 6) is -0.398. The van der Waals surface area contributed by atoms with Crippen molar-refractivity contribution in [2.45, 2.75) is 33.3 Å². The summed E-state index contributed by atoms with van der Waals surface area (Å²) < 4.78 is 10.6. The summed E-state index contributed by atoms with van der Waals surface area (Å²) in [6.07, 6.45) is -0.587. The first-order valence-electron chi connectivity index (χ1n) is 9.02. The Morgan fingerprint density at radius 2 is 1.59 bits per heavy atom. The van der Waals surface area contributed by atoms with Crippen LogP contribution in [-0.2, 0) is 9.53 Å². The summed E-state index contributed by atoms with van der Waals surface area (Å²) in [5, 5.41) is 2.57. The maximum Gasteiger partial charge on any atom is 0.412 e. The molecule has 0 spiro atoms. The van der Waals surface area contributed by atoms with E-state index < -0.39 is 23.5 Å². The van der Waals surface area contributed by atoms with Crippen molar-refractivity contribution in [3.05, 3.63) is 59.7 Å². The number of anilines is 1. The summed E-state index contributed by atoms with van der Waals surface area (Å²) >= 11 is 0. The Morgan fingerprint density at radius 1 is 0.931 bits per heavy atom. The van der Waals surface area contributed by atoms with Gasteiger partial charge in [-0.2, -0.15) is 0 Å². The number of amides is 3. The highest BCUT2D eigenvalue weighted by Gasteiger charge is 2.16. The van der Waals surface area contributed by atoms with Crippen LogP contribution < -0.4 is 20.9 Å². The smallest absolute Gasteiger partial charge is 0.412 e. The fourth-order valence-corrected chi connectivity index (χ4v) is 2.22. The quantitative estimate of drug-likeness (QED) is 0.670. The lowest BCUT2D eigenvalue weighted by molar-refractivity contribution is -0.123. The number of nitrogens with one attached hydrogen (secondary N) is 3. The number of rotatable bonds is 5. The van der Waals surface area contributed by atoms with E-state index in [4.69, 9.17) is 9.47 Å². The Morgan fingerprint density at radius 3 is 2.21 bits per heavy atom. The molecule has 0 aliphatic rings. The second-order valence-electron chi connectivity index (χ2n) is 7.26. The van der Waals surface area contributed by atoms with Crippen LogP contribution in [0.1, 0.15) is 36.7 Å². The van der Waals surface area contributed by atoms with Crippen molar-refractivity contribution in [2.75, 3.05) is 11.9 Å². The summed E-state index contributed by atoms with van der Waals surface area (Å²) in [6.45, 7) is 6.93. The van der Waals surface area contributed by atoms with Gasteiger partial charge in [-0.15, -0.1) is 0 Å². The van der Waals surface area contributed by atoms with Crippen LogP contribution in [0.3, 0.4) is 0 Å². The van der Waals surface area contributed by atoms with Crippen LogP contribution in [0.4, 0.5) is 10.5 Å². The van der Waals surface area contributed by atoms with Gasteiger partial charge in [0.15, 0.2) is 6.61 Å². The van der Waals surface area contributed by atoms with Gasteiger partial charge in [-0.3, -0.25) is 25.8 Å². The predicted octanol–water partition coefficient (Wildman–Crippen LogP) is 3.18. The van der Waals surface area contributed by atoms with Gasteiger partial charge < -0.3 is 9.47 Å². The van der Waals surface area contributed by atoms with Crippen LogP contribution in [0.2, 0.25) is 0 Å². The van der Waals surface area contributed by atoms with Gasteiger partial charge in [-0.1, -0.05) is 18.2 Å². The Bertz CT molecular complexity index is 873. The molecule has 2 aromatic rings. The van der Waals surface area contributed by atoms with Gasteiger partial charge in [-0.05, 0) is 63.6 Å². The normalized spacial score (nSPS) is 10.6. The zero-order valence-electron chi connectivity index (χ0n) is 16.9. The summed E-state index contributed by atoms with van der Waals surface area (Å²) in [7, 11) is 0. The number of hydrazine groups is 1. The molecule has 154 valence electrons. The van der Waals surface area contributed by atoms with Crippen LogP contribution in [0, 0.1) is 6.92 Å². The van der Waals surface area contributed by atoms with E-state index in [-0.39, 0.29) is 6.61 Å². The molecule has 0 heterocycles. The van der Waals surface area contributed by atoms with Gasteiger partial charge in [0.25, 0.3) is 11.8 Å². The topological polar surface area (TPSA) is 106 Å². The molecule has 8 heteroatoms. The third-order valence-corrected chi connectivity index (χ3v) is 3.56. The SMILES string of the molecule is Cc1ccccc1OCC(=O)NNC(=O)c1ccc(NC(=O)OC(C)(C)C)cc1. The van der Waals surface area contributed by atoms with Crippen LogP contribution in [0.15, 0.2) is 48.5 Å². The predicted molar refractivity (Wildman–Crippen MR) is 109 cm³/mol. The van der Waals surface area contributed by atoms with Crippen molar-refractivity contribution in [3.8, 4) is 5.75 Å². The first-order chi connectivity index (χ1) is 13.6. The van der Waals surface area contributed by atoms with Crippen molar-refractivity contribution in [1.29, 1.82) is 0 Å². The lowest BCUT2D eigenvalue weighted by Gasteiger charge is -2.19. The van der Waals surface area contributed by atoms with Crippen molar-refractivity contribution >= 4 is 23.6 Å². The highest BCUT2D eigenvalue weighted by Crippen LogP contribution is 2.16. The highest BCUT2D eigenvalue weighted by atomic mass is 16.6. The number of hydrogen-bond acceptors (Lipinski definition) is 5. The third-order valence-electron chi connectivity index (χ3n) is 3.56. The molecule has 0 aliphatic carbocycles. The first kappa shape index (κ1) is 21.7. The van der Waals surface area contributed by atoms with E-state index in [9.17, 15) is 14.4 Å². The van der Waals surface area contributed by atoms with Gasteiger partial charge >= 0.3 is 6.09 Å². The molecular weight excluding hydrogens is 374 g/mol. The molecule has 0 fully saturated rings. The van der Waals surface area contributed by atoms with Gasteiger partial charge in [0.05, 0.1) is 0 Å². The Balaban J connectivity index is 1.79. The molecule has 0 aliphatic heterocycles. The lowest BCUT2D eigenvalue weighted by Crippen LogP contribution is -2.43. The van der Waals surface area contributed by atoms with Crippen molar-refractivity contribution in [3.63, 3.8) is 0 Å². The molecule has 0 bridgehead atoms. The zero-order valence-corrected chi connectivity index (χ0v) is 16.9. The molecule has 0 aromatic heterocycles. The molecular formula is C21H25N3O5. The molecule has 0 atom stereocenters. The van der Waals surface area contributed by atoms with Gasteiger partial charge in [0, 0.05) is 11.3 Å². The molecule has 29 heavy (non-hydrogen) atoms. The van der Waals surface area contributed by atoms with Crippen LogP contribution in [0.25, 0.3) is 0 Å². The average Bonchev–Trinajstić information content (AvgIpc) is 2.64. The summed E-state index contributed by atoms with van der Waals surface area (Å²) in [6, 6.07) is 13.4.